The van der Waals surface area contributed by atoms with E-state index in [9.17, 15) is 14.4 Å². The second kappa shape index (κ2) is 8.00. The molecule has 0 saturated carbocycles. The second-order valence-corrected chi connectivity index (χ2v) is 5.63. The Balaban J connectivity index is 1.84. The van der Waals surface area contributed by atoms with Crippen LogP contribution in [0.2, 0.25) is 0 Å². The number of hydrogen-bond acceptors (Lipinski definition) is 6. The van der Waals surface area contributed by atoms with E-state index < -0.39 is 23.6 Å². The lowest BCUT2D eigenvalue weighted by molar-refractivity contribution is -0.137. The highest BCUT2D eigenvalue weighted by molar-refractivity contribution is 6.38. The minimum Gasteiger partial charge on any atom is -0.363 e. The molecule has 0 bridgehead atoms. The highest BCUT2D eigenvalue weighted by Crippen LogP contribution is 2.09. The third kappa shape index (κ3) is 4.21. The van der Waals surface area contributed by atoms with Gasteiger partial charge < -0.3 is 11.1 Å². The highest BCUT2D eigenvalue weighted by atomic mass is 16.2. The van der Waals surface area contributed by atoms with Gasteiger partial charge in [0.15, 0.2) is 5.82 Å². The predicted octanol–water partition coefficient (Wildman–Crippen LogP) is 0.0578. The van der Waals surface area contributed by atoms with Gasteiger partial charge in [-0.15, -0.1) is 0 Å². The Hall–Kier alpha value is -3.88. The van der Waals surface area contributed by atoms with Gasteiger partial charge in [-0.1, -0.05) is 6.07 Å². The number of primary amides is 1. The van der Waals surface area contributed by atoms with E-state index in [1.165, 1.54) is 16.9 Å². The molecular formula is C18H16N6O3. The van der Waals surface area contributed by atoms with Crippen LogP contribution in [-0.2, 0) is 16.0 Å². The molecule has 0 saturated heterocycles. The van der Waals surface area contributed by atoms with Gasteiger partial charge in [0.1, 0.15) is 11.7 Å². The number of aromatic nitrogens is 4. The minimum absolute atomic E-state index is 0.105. The van der Waals surface area contributed by atoms with Gasteiger partial charge in [0.25, 0.3) is 11.8 Å². The lowest BCUT2D eigenvalue weighted by atomic mass is 10.0. The van der Waals surface area contributed by atoms with E-state index in [2.05, 4.69) is 20.4 Å². The van der Waals surface area contributed by atoms with Crippen molar-refractivity contribution in [3.05, 3.63) is 72.4 Å². The third-order valence-corrected chi connectivity index (χ3v) is 3.80. The molecule has 0 aliphatic heterocycles. The SMILES string of the molecule is NC(=O)C(=O)C(Cc1ccncc1)NC(=O)c1ccnn1-c1ccccn1. The summed E-state index contributed by atoms with van der Waals surface area (Å²) in [5, 5.41) is 6.65. The molecule has 136 valence electrons. The molecule has 9 nitrogen and oxygen atoms in total. The number of nitrogens with one attached hydrogen (secondary N) is 1. The Labute approximate surface area is 154 Å². The zero-order chi connectivity index (χ0) is 19.2. The first-order valence-electron chi connectivity index (χ1n) is 8.05. The van der Waals surface area contributed by atoms with Gasteiger partial charge in [-0.3, -0.25) is 19.4 Å². The number of nitrogens with zero attached hydrogens (tertiary/aromatic N) is 4. The summed E-state index contributed by atoms with van der Waals surface area (Å²) in [5.41, 5.74) is 6.02. The Morgan fingerprint density at radius 2 is 1.81 bits per heavy atom. The summed E-state index contributed by atoms with van der Waals surface area (Å²) in [7, 11) is 0. The van der Waals surface area contributed by atoms with Crippen LogP contribution in [0.4, 0.5) is 0 Å². The molecule has 3 heterocycles. The second-order valence-electron chi connectivity index (χ2n) is 5.63. The van der Waals surface area contributed by atoms with Gasteiger partial charge in [-0.2, -0.15) is 5.10 Å². The van der Waals surface area contributed by atoms with Gasteiger partial charge >= 0.3 is 0 Å². The van der Waals surface area contributed by atoms with Crippen LogP contribution >= 0.6 is 0 Å². The topological polar surface area (TPSA) is 133 Å². The minimum atomic E-state index is -1.12. The lowest BCUT2D eigenvalue weighted by Gasteiger charge is -2.16. The number of pyridine rings is 2. The van der Waals surface area contributed by atoms with Crippen LogP contribution in [0.3, 0.4) is 0 Å². The van der Waals surface area contributed by atoms with E-state index in [-0.39, 0.29) is 12.1 Å². The maximum Gasteiger partial charge on any atom is 0.287 e. The molecule has 0 aromatic carbocycles. The van der Waals surface area contributed by atoms with E-state index in [1.807, 2.05) is 0 Å². The number of nitrogens with two attached hydrogens (primary N) is 1. The van der Waals surface area contributed by atoms with Crippen molar-refractivity contribution in [2.75, 3.05) is 0 Å². The summed E-state index contributed by atoms with van der Waals surface area (Å²) in [6, 6.07) is 8.94. The van der Waals surface area contributed by atoms with Crippen LogP contribution in [0.5, 0.6) is 0 Å². The van der Waals surface area contributed by atoms with Crippen LogP contribution in [0, 0.1) is 0 Å². The first-order valence-corrected chi connectivity index (χ1v) is 8.05. The predicted molar refractivity (Wildman–Crippen MR) is 94.8 cm³/mol. The quantitative estimate of drug-likeness (QED) is 0.570. The molecule has 2 amide bonds. The van der Waals surface area contributed by atoms with Crippen molar-refractivity contribution in [3.8, 4) is 5.82 Å². The van der Waals surface area contributed by atoms with Crippen molar-refractivity contribution < 1.29 is 14.4 Å². The zero-order valence-electron chi connectivity index (χ0n) is 14.1. The molecule has 3 aromatic heterocycles. The van der Waals surface area contributed by atoms with Gasteiger partial charge in [0.2, 0.25) is 5.78 Å². The zero-order valence-corrected chi connectivity index (χ0v) is 14.1. The highest BCUT2D eigenvalue weighted by Gasteiger charge is 2.27. The number of rotatable bonds is 7. The molecule has 3 rings (SSSR count). The number of ketones is 1. The van der Waals surface area contributed by atoms with Crippen LogP contribution < -0.4 is 11.1 Å². The number of hydrogen-bond donors (Lipinski definition) is 2. The van der Waals surface area contributed by atoms with Crippen LogP contribution in [-0.4, -0.2) is 43.4 Å². The van der Waals surface area contributed by atoms with E-state index in [4.69, 9.17) is 5.73 Å². The Kier molecular flexibility index (Phi) is 5.31. The molecule has 27 heavy (non-hydrogen) atoms. The van der Waals surface area contributed by atoms with E-state index >= 15 is 0 Å². The molecule has 0 fully saturated rings. The smallest absolute Gasteiger partial charge is 0.287 e. The fourth-order valence-electron chi connectivity index (χ4n) is 2.50. The monoisotopic (exact) mass is 364 g/mol. The van der Waals surface area contributed by atoms with Crippen molar-refractivity contribution in [1.82, 2.24) is 25.1 Å². The maximum absolute atomic E-state index is 12.7. The molecule has 0 radical (unpaired) electrons. The molecule has 0 aliphatic rings. The van der Waals surface area contributed by atoms with Gasteiger partial charge in [-0.25, -0.2) is 9.67 Å². The van der Waals surface area contributed by atoms with Crippen molar-refractivity contribution in [2.45, 2.75) is 12.5 Å². The van der Waals surface area contributed by atoms with Gasteiger partial charge in [0.05, 0.1) is 6.20 Å². The molecule has 0 spiro atoms. The van der Waals surface area contributed by atoms with E-state index in [0.29, 0.717) is 5.82 Å². The standard InChI is InChI=1S/C18H16N6O3/c19-17(26)16(25)13(11-12-4-8-20-9-5-12)23-18(27)14-6-10-22-24(14)15-3-1-2-7-21-15/h1-10,13H,11H2,(H2,19,26)(H,23,27). The Bertz CT molecular complexity index is 955. The van der Waals surface area contributed by atoms with Crippen molar-refractivity contribution in [3.63, 3.8) is 0 Å². The summed E-state index contributed by atoms with van der Waals surface area (Å²) in [6.45, 7) is 0. The maximum atomic E-state index is 12.7. The van der Waals surface area contributed by atoms with E-state index in [1.54, 1.807) is 48.9 Å². The summed E-state index contributed by atoms with van der Waals surface area (Å²) >= 11 is 0. The van der Waals surface area contributed by atoms with Crippen molar-refractivity contribution in [2.24, 2.45) is 5.73 Å². The molecule has 0 aliphatic carbocycles. The van der Waals surface area contributed by atoms with Crippen LogP contribution in [0.15, 0.2) is 61.2 Å². The number of carbonyl (C=O) groups is 3. The van der Waals surface area contributed by atoms with Gasteiger partial charge in [0, 0.05) is 25.0 Å². The summed E-state index contributed by atoms with van der Waals surface area (Å²) < 4.78 is 1.34. The first-order chi connectivity index (χ1) is 13.1. The fraction of sp³-hybridized carbons (Fsp3) is 0.111. The Morgan fingerprint density at radius 3 is 2.48 bits per heavy atom. The fourth-order valence-corrected chi connectivity index (χ4v) is 2.50. The molecule has 9 heteroatoms. The number of carbonyl (C=O) groups excluding carboxylic acids is 3. The van der Waals surface area contributed by atoms with Crippen LogP contribution in [0.1, 0.15) is 16.1 Å². The average molecular weight is 364 g/mol. The average Bonchev–Trinajstić information content (AvgIpc) is 3.18. The number of Topliss-reactive ketones (excluding diaryl/α,β-unsaturated/α-hetero) is 1. The normalized spacial score (nSPS) is 11.6. The van der Waals surface area contributed by atoms with Crippen LogP contribution in [0.25, 0.3) is 5.82 Å². The first kappa shape index (κ1) is 17.9. The molecule has 1 atom stereocenters. The Morgan fingerprint density at radius 1 is 1.04 bits per heavy atom. The number of amides is 2. The van der Waals surface area contributed by atoms with Crippen molar-refractivity contribution >= 4 is 17.6 Å². The third-order valence-electron chi connectivity index (χ3n) is 3.80. The van der Waals surface area contributed by atoms with Crippen molar-refractivity contribution in [1.29, 1.82) is 0 Å². The summed E-state index contributed by atoms with van der Waals surface area (Å²) in [6.07, 6.45) is 6.23. The molecule has 3 aromatic rings. The molecule has 3 N–H and O–H groups in total. The summed E-state index contributed by atoms with van der Waals surface area (Å²) in [4.78, 5) is 44.3. The molecule has 1 unspecified atom stereocenters. The van der Waals surface area contributed by atoms with Gasteiger partial charge in [-0.05, 0) is 35.9 Å². The van der Waals surface area contributed by atoms with E-state index in [0.717, 1.165) is 5.56 Å². The lowest BCUT2D eigenvalue weighted by Crippen LogP contribution is -2.47. The molecular weight excluding hydrogens is 348 g/mol. The summed E-state index contributed by atoms with van der Waals surface area (Å²) in [5.74, 6) is -2.14. The largest absolute Gasteiger partial charge is 0.363 e.